The highest BCUT2D eigenvalue weighted by atomic mass is 16.4. The lowest BCUT2D eigenvalue weighted by molar-refractivity contribution is -0.417. The van der Waals surface area contributed by atoms with Crippen molar-refractivity contribution in [1.29, 1.82) is 0 Å². The molecule has 0 aromatic carbocycles. The van der Waals surface area contributed by atoms with Gasteiger partial charge in [-0.1, -0.05) is 13.8 Å². The zero-order chi connectivity index (χ0) is 6.73. The highest BCUT2D eigenvalue weighted by molar-refractivity contribution is 5.71. The van der Waals surface area contributed by atoms with Crippen molar-refractivity contribution in [2.45, 2.75) is 19.9 Å². The summed E-state index contributed by atoms with van der Waals surface area (Å²) in [4.78, 5) is 10.1. The van der Waals surface area contributed by atoms with Crippen LogP contribution in [-0.2, 0) is 4.79 Å². The lowest BCUT2D eigenvalue weighted by atomic mass is 10.1. The van der Waals surface area contributed by atoms with E-state index >= 15 is 0 Å². The Hall–Kier alpha value is -0.570. The first-order valence-electron chi connectivity index (χ1n) is 2.61. The quantitative estimate of drug-likeness (QED) is 0.505. The molecule has 8 heavy (non-hydrogen) atoms. The van der Waals surface area contributed by atoms with Crippen molar-refractivity contribution < 1.29 is 15.6 Å². The molecule has 0 rings (SSSR count). The number of quaternary nitrogens is 1. The monoisotopic (exact) mass is 118 g/mol. The summed E-state index contributed by atoms with van der Waals surface area (Å²) in [5.41, 5.74) is 3.44. The van der Waals surface area contributed by atoms with Gasteiger partial charge in [0, 0.05) is 5.92 Å². The molecule has 0 bridgehead atoms. The number of carbonyl (C=O) groups is 1. The summed E-state index contributed by atoms with van der Waals surface area (Å²) in [5, 5.41) is 8.29. The van der Waals surface area contributed by atoms with Crippen LogP contribution in [0.5, 0.6) is 0 Å². The van der Waals surface area contributed by atoms with Crippen molar-refractivity contribution in [1.82, 2.24) is 0 Å². The first kappa shape index (κ1) is 7.43. The number of aliphatic carboxylic acids is 1. The van der Waals surface area contributed by atoms with Crippen LogP contribution in [0, 0.1) is 5.92 Å². The van der Waals surface area contributed by atoms with Crippen molar-refractivity contribution in [2.24, 2.45) is 5.92 Å². The summed E-state index contributed by atoms with van der Waals surface area (Å²) in [6.45, 7) is 3.68. The zero-order valence-electron chi connectivity index (χ0n) is 5.22. The molecule has 0 amide bonds. The highest BCUT2D eigenvalue weighted by Gasteiger charge is 2.18. The van der Waals surface area contributed by atoms with Crippen molar-refractivity contribution >= 4 is 5.97 Å². The molecule has 3 nitrogen and oxygen atoms in total. The number of hydrogen-bond donors (Lipinski definition) is 2. The fourth-order valence-corrected chi connectivity index (χ4v) is 0.285. The minimum atomic E-state index is -0.819. The molecule has 1 atom stereocenters. The normalized spacial score (nSPS) is 14.0. The van der Waals surface area contributed by atoms with Crippen LogP contribution in [0.2, 0.25) is 0 Å². The third kappa shape index (κ3) is 1.93. The molecule has 0 fully saturated rings. The number of rotatable bonds is 2. The predicted octanol–water partition coefficient (Wildman–Crippen LogP) is -0.662. The van der Waals surface area contributed by atoms with Gasteiger partial charge < -0.3 is 10.8 Å². The van der Waals surface area contributed by atoms with Gasteiger partial charge in [-0.3, -0.25) is 0 Å². The maximum atomic E-state index is 10.1. The third-order valence-corrected chi connectivity index (χ3v) is 1.12. The first-order valence-corrected chi connectivity index (χ1v) is 2.61. The first-order chi connectivity index (χ1) is 3.55. The second-order valence-electron chi connectivity index (χ2n) is 2.19. The van der Waals surface area contributed by atoms with Gasteiger partial charge in [0.1, 0.15) is 0 Å². The molecule has 48 valence electrons. The lowest BCUT2D eigenvalue weighted by Gasteiger charge is -2.04. The van der Waals surface area contributed by atoms with Gasteiger partial charge in [-0.05, 0) is 0 Å². The van der Waals surface area contributed by atoms with Crippen molar-refractivity contribution in [3.05, 3.63) is 0 Å². The van der Waals surface area contributed by atoms with Crippen LogP contribution in [0.3, 0.4) is 0 Å². The topological polar surface area (TPSA) is 64.9 Å². The summed E-state index contributed by atoms with van der Waals surface area (Å²) in [5.74, 6) is -0.687. The number of carboxylic acids is 1. The summed E-state index contributed by atoms with van der Waals surface area (Å²) >= 11 is 0. The van der Waals surface area contributed by atoms with Crippen LogP contribution >= 0.6 is 0 Å². The molecular weight excluding hydrogens is 106 g/mol. The fourth-order valence-electron chi connectivity index (χ4n) is 0.285. The Labute approximate surface area is 48.5 Å². The van der Waals surface area contributed by atoms with Crippen LogP contribution < -0.4 is 5.73 Å². The second-order valence-corrected chi connectivity index (χ2v) is 2.19. The van der Waals surface area contributed by atoms with E-state index in [1.165, 1.54) is 0 Å². The molecule has 0 saturated heterocycles. The Bertz CT molecular complexity index is 90.4. The smallest absolute Gasteiger partial charge is 0.362 e. The fraction of sp³-hybridized carbons (Fsp3) is 0.800. The standard InChI is InChI=1S/C5H11NO2/c1-3(2)4(6)5(7)8/h3-4H,6H2,1-2H3,(H,7,8)/p+1. The molecule has 0 aromatic heterocycles. The molecular formula is C5H12NO2+. The Morgan fingerprint density at radius 2 is 2.00 bits per heavy atom. The van der Waals surface area contributed by atoms with Crippen LogP contribution in [0.1, 0.15) is 13.8 Å². The van der Waals surface area contributed by atoms with Gasteiger partial charge >= 0.3 is 5.97 Å². The molecule has 1 unspecified atom stereocenters. The molecule has 0 spiro atoms. The van der Waals surface area contributed by atoms with Crippen LogP contribution in [0.25, 0.3) is 0 Å². The van der Waals surface area contributed by atoms with Crippen molar-refractivity contribution in [2.75, 3.05) is 0 Å². The molecule has 0 aromatic rings. The number of carboxylic acid groups (broad SMARTS) is 1. The third-order valence-electron chi connectivity index (χ3n) is 1.12. The van der Waals surface area contributed by atoms with Gasteiger partial charge in [0.05, 0.1) is 0 Å². The molecule has 4 N–H and O–H groups in total. The molecule has 0 heterocycles. The maximum absolute atomic E-state index is 10.1. The van der Waals surface area contributed by atoms with E-state index in [0.717, 1.165) is 0 Å². The summed E-state index contributed by atoms with van der Waals surface area (Å²) < 4.78 is 0. The number of hydrogen-bond acceptors (Lipinski definition) is 1. The second kappa shape index (κ2) is 2.67. The molecule has 0 aliphatic heterocycles. The van der Waals surface area contributed by atoms with Gasteiger partial charge in [0.25, 0.3) is 0 Å². The van der Waals surface area contributed by atoms with E-state index in [1.807, 2.05) is 13.8 Å². The van der Waals surface area contributed by atoms with E-state index in [-0.39, 0.29) is 5.92 Å². The van der Waals surface area contributed by atoms with Crippen molar-refractivity contribution in [3.63, 3.8) is 0 Å². The largest absolute Gasteiger partial charge is 0.477 e. The Kier molecular flexibility index (Phi) is 2.48. The maximum Gasteiger partial charge on any atom is 0.362 e. The van der Waals surface area contributed by atoms with Gasteiger partial charge in [-0.2, -0.15) is 0 Å². The van der Waals surface area contributed by atoms with Crippen LogP contribution in [-0.4, -0.2) is 17.1 Å². The Morgan fingerprint density at radius 3 is 2.00 bits per heavy atom. The van der Waals surface area contributed by atoms with E-state index in [2.05, 4.69) is 5.73 Å². The minimum Gasteiger partial charge on any atom is -0.477 e. The highest BCUT2D eigenvalue weighted by Crippen LogP contribution is 1.94. The average molecular weight is 118 g/mol. The van der Waals surface area contributed by atoms with Crippen LogP contribution in [0.15, 0.2) is 0 Å². The summed E-state index contributed by atoms with van der Waals surface area (Å²) in [7, 11) is 0. The molecule has 0 saturated carbocycles. The van der Waals surface area contributed by atoms with Crippen molar-refractivity contribution in [3.8, 4) is 0 Å². The van der Waals surface area contributed by atoms with E-state index in [9.17, 15) is 4.79 Å². The van der Waals surface area contributed by atoms with E-state index < -0.39 is 12.0 Å². The Morgan fingerprint density at radius 1 is 1.62 bits per heavy atom. The van der Waals surface area contributed by atoms with Gasteiger partial charge in [-0.15, -0.1) is 0 Å². The lowest BCUT2D eigenvalue weighted by Crippen LogP contribution is -2.67. The zero-order valence-corrected chi connectivity index (χ0v) is 5.22. The Balaban J connectivity index is 3.64. The van der Waals surface area contributed by atoms with Gasteiger partial charge in [-0.25, -0.2) is 4.79 Å². The van der Waals surface area contributed by atoms with E-state index in [1.54, 1.807) is 0 Å². The van der Waals surface area contributed by atoms with Gasteiger partial charge in [0.15, 0.2) is 6.04 Å². The van der Waals surface area contributed by atoms with Crippen LogP contribution in [0.4, 0.5) is 0 Å². The van der Waals surface area contributed by atoms with E-state index in [4.69, 9.17) is 5.11 Å². The molecule has 0 aliphatic rings. The molecule has 0 aliphatic carbocycles. The molecule has 3 heteroatoms. The van der Waals surface area contributed by atoms with Gasteiger partial charge in [0.2, 0.25) is 0 Å². The average Bonchev–Trinajstić information content (AvgIpc) is 1.64. The summed E-state index contributed by atoms with van der Waals surface area (Å²) in [6.07, 6.45) is 0. The SMILES string of the molecule is CC(C)C([NH3+])C(=O)O. The summed E-state index contributed by atoms with van der Waals surface area (Å²) in [6, 6.07) is -0.463. The molecule has 0 radical (unpaired) electrons. The minimum absolute atomic E-state index is 0.132. The van der Waals surface area contributed by atoms with E-state index in [0.29, 0.717) is 0 Å². The predicted molar refractivity (Wildman–Crippen MR) is 29.1 cm³/mol.